The summed E-state index contributed by atoms with van der Waals surface area (Å²) in [5.74, 6) is 0.177. The molecule has 0 saturated heterocycles. The molecule has 0 saturated carbocycles. The number of hydrogen-bond acceptors (Lipinski definition) is 2. The molecule has 0 amide bonds. The van der Waals surface area contributed by atoms with Crippen molar-refractivity contribution in [1.29, 1.82) is 0 Å². The number of aromatic nitrogens is 2. The molecule has 20 heavy (non-hydrogen) atoms. The van der Waals surface area contributed by atoms with E-state index in [9.17, 15) is 4.79 Å². The van der Waals surface area contributed by atoms with Crippen LogP contribution in [0.2, 0.25) is 0 Å². The summed E-state index contributed by atoms with van der Waals surface area (Å²) < 4.78 is 3.35. The molecule has 108 valence electrons. The summed E-state index contributed by atoms with van der Waals surface area (Å²) in [5, 5.41) is 0. The van der Waals surface area contributed by atoms with Gasteiger partial charge in [0, 0.05) is 24.5 Å². The van der Waals surface area contributed by atoms with E-state index in [1.807, 2.05) is 44.3 Å². The van der Waals surface area contributed by atoms with Crippen molar-refractivity contribution in [2.24, 2.45) is 12.8 Å². The first-order valence-corrected chi connectivity index (χ1v) is 7.28. The second-order valence-electron chi connectivity index (χ2n) is 4.86. The summed E-state index contributed by atoms with van der Waals surface area (Å²) >= 11 is 11.9. The van der Waals surface area contributed by atoms with Crippen LogP contribution in [0.5, 0.6) is 0 Å². The Kier molecular flexibility index (Phi) is 4.28. The summed E-state index contributed by atoms with van der Waals surface area (Å²) in [4.78, 5) is 12.7. The van der Waals surface area contributed by atoms with Gasteiger partial charge < -0.3 is 5.73 Å². The molecule has 0 aliphatic carbocycles. The number of nitrogens with two attached hydrogens (primary N) is 1. The molecule has 4 nitrogen and oxygen atoms in total. The van der Waals surface area contributed by atoms with Crippen molar-refractivity contribution in [2.45, 2.75) is 12.5 Å². The van der Waals surface area contributed by atoms with Crippen molar-refractivity contribution >= 4 is 23.2 Å². The lowest BCUT2D eigenvalue weighted by Gasteiger charge is -2.23. The number of rotatable bonds is 4. The Morgan fingerprint density at radius 2 is 1.75 bits per heavy atom. The fraction of sp³-hybridized carbons (Fsp3) is 0.357. The Morgan fingerprint density at radius 3 is 2.25 bits per heavy atom. The maximum Gasteiger partial charge on any atom is 0.276 e. The van der Waals surface area contributed by atoms with Crippen LogP contribution < -0.4 is 11.3 Å². The van der Waals surface area contributed by atoms with Gasteiger partial charge >= 0.3 is 0 Å². The smallest absolute Gasteiger partial charge is 0.276 e. The number of hydrogen-bond donors (Lipinski definition) is 1. The van der Waals surface area contributed by atoms with Gasteiger partial charge in [-0.1, -0.05) is 18.2 Å². The van der Waals surface area contributed by atoms with Crippen LogP contribution in [0.4, 0.5) is 0 Å². The van der Waals surface area contributed by atoms with Crippen molar-refractivity contribution in [3.8, 4) is 5.69 Å². The fourth-order valence-electron chi connectivity index (χ4n) is 2.31. The highest BCUT2D eigenvalue weighted by Crippen LogP contribution is 2.23. The van der Waals surface area contributed by atoms with Gasteiger partial charge in [-0.15, -0.1) is 23.2 Å². The Hall–Kier alpha value is -1.23. The maximum absolute atomic E-state index is 12.7. The third-order valence-corrected chi connectivity index (χ3v) is 4.48. The lowest BCUT2D eigenvalue weighted by atomic mass is 9.95. The predicted molar refractivity (Wildman–Crippen MR) is 83.1 cm³/mol. The van der Waals surface area contributed by atoms with E-state index >= 15 is 0 Å². The van der Waals surface area contributed by atoms with Crippen molar-refractivity contribution in [3.63, 3.8) is 0 Å². The molecular formula is C14H17Cl2N3O. The lowest BCUT2D eigenvalue weighted by Crippen LogP contribution is -2.45. The molecule has 0 unspecified atom stereocenters. The van der Waals surface area contributed by atoms with Gasteiger partial charge in [-0.2, -0.15) is 0 Å². The van der Waals surface area contributed by atoms with Crippen molar-refractivity contribution in [1.82, 2.24) is 9.36 Å². The molecule has 2 rings (SSSR count). The Bertz CT molecular complexity index is 657. The molecule has 1 aromatic heterocycles. The Morgan fingerprint density at radius 1 is 1.20 bits per heavy atom. The molecule has 2 aromatic rings. The van der Waals surface area contributed by atoms with Crippen LogP contribution >= 0.6 is 23.2 Å². The minimum atomic E-state index is -1.03. The molecule has 0 bridgehead atoms. The van der Waals surface area contributed by atoms with E-state index < -0.39 is 5.54 Å². The molecule has 0 spiro atoms. The molecular weight excluding hydrogens is 297 g/mol. The molecule has 0 aliphatic heterocycles. The van der Waals surface area contributed by atoms with Crippen LogP contribution in [-0.2, 0) is 12.6 Å². The van der Waals surface area contributed by atoms with Crippen LogP contribution in [0, 0.1) is 6.92 Å². The number of alkyl halides is 2. The van der Waals surface area contributed by atoms with Gasteiger partial charge in [0.25, 0.3) is 5.56 Å². The minimum Gasteiger partial charge on any atom is -0.319 e. The Balaban J connectivity index is 2.74. The third-order valence-electron chi connectivity index (χ3n) is 3.53. The van der Waals surface area contributed by atoms with Crippen LogP contribution in [0.25, 0.3) is 5.69 Å². The highest BCUT2D eigenvalue weighted by Gasteiger charge is 2.33. The zero-order valence-corrected chi connectivity index (χ0v) is 12.9. The lowest BCUT2D eigenvalue weighted by molar-refractivity contribution is 0.560. The van der Waals surface area contributed by atoms with Crippen molar-refractivity contribution < 1.29 is 0 Å². The van der Waals surface area contributed by atoms with E-state index in [0.717, 1.165) is 11.4 Å². The van der Waals surface area contributed by atoms with Gasteiger partial charge in [-0.3, -0.25) is 9.48 Å². The minimum absolute atomic E-state index is 0.0887. The van der Waals surface area contributed by atoms with E-state index in [0.29, 0.717) is 5.56 Å². The zero-order chi connectivity index (χ0) is 14.9. The second-order valence-corrected chi connectivity index (χ2v) is 5.39. The first-order valence-electron chi connectivity index (χ1n) is 6.21. The molecule has 1 heterocycles. The first kappa shape index (κ1) is 15.2. The molecule has 0 radical (unpaired) electrons. The van der Waals surface area contributed by atoms with Crippen LogP contribution in [0.3, 0.4) is 0 Å². The molecule has 1 aromatic carbocycles. The molecule has 2 N–H and O–H groups in total. The highest BCUT2D eigenvalue weighted by molar-refractivity contribution is 6.22. The van der Waals surface area contributed by atoms with Crippen molar-refractivity contribution in [2.75, 3.05) is 11.8 Å². The second kappa shape index (κ2) is 5.64. The fourth-order valence-corrected chi connectivity index (χ4v) is 2.86. The van der Waals surface area contributed by atoms with Gasteiger partial charge in [-0.05, 0) is 19.1 Å². The number of nitrogens with zero attached hydrogens (tertiary/aromatic N) is 2. The quantitative estimate of drug-likeness (QED) is 0.879. The average molecular weight is 314 g/mol. The largest absolute Gasteiger partial charge is 0.319 e. The molecule has 6 heteroatoms. The SMILES string of the molecule is Cc1c(C(N)(CCl)CCl)c(=O)n(-c2ccccc2)n1C. The van der Waals surface area contributed by atoms with E-state index in [1.54, 1.807) is 9.36 Å². The van der Waals surface area contributed by atoms with Gasteiger partial charge in [-0.25, -0.2) is 4.68 Å². The van der Waals surface area contributed by atoms with E-state index in [-0.39, 0.29) is 17.3 Å². The van der Waals surface area contributed by atoms with Gasteiger partial charge in [0.15, 0.2) is 0 Å². The number of halogens is 2. The van der Waals surface area contributed by atoms with Gasteiger partial charge in [0.05, 0.1) is 16.8 Å². The molecule has 0 atom stereocenters. The molecule has 0 aliphatic rings. The first-order chi connectivity index (χ1) is 9.46. The maximum atomic E-state index is 12.7. The van der Waals surface area contributed by atoms with Gasteiger partial charge in [0.2, 0.25) is 0 Å². The number of benzene rings is 1. The van der Waals surface area contributed by atoms with Gasteiger partial charge in [0.1, 0.15) is 0 Å². The molecule has 0 fully saturated rings. The monoisotopic (exact) mass is 313 g/mol. The zero-order valence-electron chi connectivity index (χ0n) is 11.4. The van der Waals surface area contributed by atoms with E-state index in [2.05, 4.69) is 0 Å². The van der Waals surface area contributed by atoms with Crippen LogP contribution in [0.1, 0.15) is 11.3 Å². The summed E-state index contributed by atoms with van der Waals surface area (Å²) in [6.45, 7) is 1.84. The highest BCUT2D eigenvalue weighted by atomic mass is 35.5. The summed E-state index contributed by atoms with van der Waals surface area (Å²) in [5.41, 5.74) is 6.99. The standard InChI is InChI=1S/C14H17Cl2N3O/c1-10-12(14(17,8-15)9-16)13(20)19(18(10)2)11-6-4-3-5-7-11/h3-7H,8-9,17H2,1-2H3. The predicted octanol–water partition coefficient (Wildman–Crippen LogP) is 2.12. The van der Waals surface area contributed by atoms with E-state index in [4.69, 9.17) is 28.9 Å². The summed E-state index contributed by atoms with van der Waals surface area (Å²) in [6.07, 6.45) is 0. The van der Waals surface area contributed by atoms with Crippen LogP contribution in [0.15, 0.2) is 35.1 Å². The normalized spacial score (nSPS) is 11.8. The summed E-state index contributed by atoms with van der Waals surface area (Å²) in [6, 6.07) is 9.38. The van der Waals surface area contributed by atoms with E-state index in [1.165, 1.54) is 0 Å². The average Bonchev–Trinajstić information content (AvgIpc) is 2.70. The third kappa shape index (κ3) is 2.28. The number of para-hydroxylation sites is 1. The van der Waals surface area contributed by atoms with Crippen molar-refractivity contribution in [3.05, 3.63) is 51.9 Å². The summed E-state index contributed by atoms with van der Waals surface area (Å²) in [7, 11) is 1.82. The van der Waals surface area contributed by atoms with Crippen LogP contribution in [-0.4, -0.2) is 21.1 Å². The Labute approximate surface area is 127 Å². The topological polar surface area (TPSA) is 53.0 Å².